The molecule has 33 heavy (non-hydrogen) atoms. The summed E-state index contributed by atoms with van der Waals surface area (Å²) in [5, 5.41) is 8.50. The van der Waals surface area contributed by atoms with Crippen LogP contribution in [0.4, 0.5) is 0 Å². The van der Waals surface area contributed by atoms with E-state index in [1.165, 1.54) is 0 Å². The minimum atomic E-state index is -0.287. The maximum atomic E-state index is 12.4. The fraction of sp³-hybridized carbons (Fsp3) is 0.120. The summed E-state index contributed by atoms with van der Waals surface area (Å²) in [5.41, 5.74) is 3.40. The maximum Gasteiger partial charge on any atom is 0.258 e. The summed E-state index contributed by atoms with van der Waals surface area (Å²) in [5.74, 6) is 0.834. The molecule has 168 valence electrons. The summed E-state index contributed by atoms with van der Waals surface area (Å²) in [7, 11) is 1.62. The molecule has 3 aromatic carbocycles. The molecule has 0 aliphatic heterocycles. The average Bonchev–Trinajstić information content (AvgIpc) is 3.27. The van der Waals surface area contributed by atoms with Gasteiger partial charge in [-0.3, -0.25) is 4.79 Å². The lowest BCUT2D eigenvalue weighted by molar-refractivity contribution is -0.123. The standard InChI is InChI=1S/C25H21Cl2N3O3/c1-32-21-9-5-6-17(12-21)25-18(15-30(29-25)20-7-3-2-4-8-20)14-28-24(31)16-33-23-11-10-19(26)13-22(23)27/h2-13,15H,14,16H2,1H3,(H,28,31). The first kappa shape index (κ1) is 22.7. The van der Waals surface area contributed by atoms with Crippen LogP contribution in [0.25, 0.3) is 16.9 Å². The molecule has 0 saturated carbocycles. The van der Waals surface area contributed by atoms with Crippen LogP contribution in [0.2, 0.25) is 10.0 Å². The zero-order valence-corrected chi connectivity index (χ0v) is 19.3. The van der Waals surface area contributed by atoms with E-state index in [2.05, 4.69) is 5.32 Å². The molecule has 8 heteroatoms. The highest BCUT2D eigenvalue weighted by Gasteiger charge is 2.15. The fourth-order valence-corrected chi connectivity index (χ4v) is 3.71. The number of rotatable bonds is 8. The normalized spacial score (nSPS) is 10.6. The maximum absolute atomic E-state index is 12.4. The number of benzene rings is 3. The zero-order valence-electron chi connectivity index (χ0n) is 17.8. The van der Waals surface area contributed by atoms with Crippen molar-refractivity contribution in [2.75, 3.05) is 13.7 Å². The number of para-hydroxylation sites is 1. The minimum Gasteiger partial charge on any atom is -0.497 e. The zero-order chi connectivity index (χ0) is 23.2. The van der Waals surface area contributed by atoms with Crippen molar-refractivity contribution in [2.24, 2.45) is 0 Å². The molecule has 1 heterocycles. The Bertz CT molecular complexity index is 1260. The van der Waals surface area contributed by atoms with Gasteiger partial charge in [0.25, 0.3) is 5.91 Å². The molecule has 0 unspecified atom stereocenters. The van der Waals surface area contributed by atoms with E-state index in [0.29, 0.717) is 15.8 Å². The topological polar surface area (TPSA) is 65.4 Å². The number of nitrogens with one attached hydrogen (secondary N) is 1. The summed E-state index contributed by atoms with van der Waals surface area (Å²) >= 11 is 12.0. The van der Waals surface area contributed by atoms with E-state index in [4.69, 9.17) is 37.8 Å². The first-order valence-electron chi connectivity index (χ1n) is 10.2. The molecule has 0 fully saturated rings. The van der Waals surface area contributed by atoms with Gasteiger partial charge in [0.2, 0.25) is 0 Å². The van der Waals surface area contributed by atoms with Crippen molar-refractivity contribution >= 4 is 29.1 Å². The van der Waals surface area contributed by atoms with Gasteiger partial charge in [-0.2, -0.15) is 5.10 Å². The summed E-state index contributed by atoms with van der Waals surface area (Å²) in [6, 6.07) is 22.3. The van der Waals surface area contributed by atoms with Gasteiger partial charge in [0, 0.05) is 28.9 Å². The quantitative estimate of drug-likeness (QED) is 0.358. The number of carbonyl (C=O) groups excluding carboxylic acids is 1. The molecule has 4 aromatic rings. The van der Waals surface area contributed by atoms with E-state index in [9.17, 15) is 4.79 Å². The third-order valence-corrected chi connectivity index (χ3v) is 5.41. The van der Waals surface area contributed by atoms with Crippen LogP contribution < -0.4 is 14.8 Å². The Hall–Kier alpha value is -3.48. The number of amides is 1. The molecule has 0 aliphatic carbocycles. The lowest BCUT2D eigenvalue weighted by Crippen LogP contribution is -2.28. The lowest BCUT2D eigenvalue weighted by Gasteiger charge is -2.09. The van der Waals surface area contributed by atoms with E-state index in [1.54, 1.807) is 30.0 Å². The van der Waals surface area contributed by atoms with Crippen molar-refractivity contribution in [2.45, 2.75) is 6.54 Å². The molecule has 0 bridgehead atoms. The van der Waals surface area contributed by atoms with Crippen LogP contribution in [0.15, 0.2) is 79.0 Å². The number of hydrogen-bond acceptors (Lipinski definition) is 4. The van der Waals surface area contributed by atoms with Gasteiger partial charge in [-0.25, -0.2) is 4.68 Å². The molecule has 6 nitrogen and oxygen atoms in total. The predicted octanol–water partition coefficient (Wildman–Crippen LogP) is 5.55. The van der Waals surface area contributed by atoms with Crippen LogP contribution in [0, 0.1) is 0 Å². The molecule has 0 spiro atoms. The summed E-state index contributed by atoms with van der Waals surface area (Å²) in [4.78, 5) is 12.4. The van der Waals surface area contributed by atoms with Crippen LogP contribution in [-0.4, -0.2) is 29.4 Å². The van der Waals surface area contributed by atoms with Gasteiger partial charge in [-0.15, -0.1) is 0 Å². The largest absolute Gasteiger partial charge is 0.497 e. The van der Waals surface area contributed by atoms with Crippen molar-refractivity contribution in [3.8, 4) is 28.4 Å². The highest BCUT2D eigenvalue weighted by molar-refractivity contribution is 6.35. The summed E-state index contributed by atoms with van der Waals surface area (Å²) in [6.07, 6.45) is 1.90. The summed E-state index contributed by atoms with van der Waals surface area (Å²) in [6.45, 7) is 0.0958. The fourth-order valence-electron chi connectivity index (χ4n) is 3.25. The van der Waals surface area contributed by atoms with Gasteiger partial charge in [-0.1, -0.05) is 53.5 Å². The number of aromatic nitrogens is 2. The van der Waals surface area contributed by atoms with Crippen LogP contribution >= 0.6 is 23.2 Å². The molecule has 1 aromatic heterocycles. The van der Waals surface area contributed by atoms with Crippen LogP contribution in [0.5, 0.6) is 11.5 Å². The van der Waals surface area contributed by atoms with Gasteiger partial charge < -0.3 is 14.8 Å². The molecule has 1 amide bonds. The van der Waals surface area contributed by atoms with E-state index in [-0.39, 0.29) is 19.1 Å². The van der Waals surface area contributed by atoms with Gasteiger partial charge >= 0.3 is 0 Å². The second kappa shape index (κ2) is 10.4. The van der Waals surface area contributed by atoms with E-state index < -0.39 is 0 Å². The molecule has 0 atom stereocenters. The van der Waals surface area contributed by atoms with Crippen molar-refractivity contribution in [1.29, 1.82) is 0 Å². The number of methoxy groups -OCH3 is 1. The molecule has 0 radical (unpaired) electrons. The number of carbonyl (C=O) groups is 1. The highest BCUT2D eigenvalue weighted by Crippen LogP contribution is 2.28. The average molecular weight is 482 g/mol. The number of nitrogens with zero attached hydrogens (tertiary/aromatic N) is 2. The second-order valence-electron chi connectivity index (χ2n) is 7.16. The van der Waals surface area contributed by atoms with Gasteiger partial charge in [0.15, 0.2) is 6.61 Å². The smallest absolute Gasteiger partial charge is 0.258 e. The number of ether oxygens (including phenoxy) is 2. The Labute approximate surface area is 201 Å². The van der Waals surface area contributed by atoms with Crippen molar-refractivity contribution in [3.63, 3.8) is 0 Å². The van der Waals surface area contributed by atoms with Crippen molar-refractivity contribution < 1.29 is 14.3 Å². The Morgan fingerprint density at radius 1 is 1.03 bits per heavy atom. The molecular weight excluding hydrogens is 461 g/mol. The van der Waals surface area contributed by atoms with E-state index in [1.807, 2.05) is 60.8 Å². The van der Waals surface area contributed by atoms with Crippen LogP contribution in [-0.2, 0) is 11.3 Å². The number of halogens is 2. The molecular formula is C25H21Cl2N3O3. The first-order valence-corrected chi connectivity index (χ1v) is 10.9. The van der Waals surface area contributed by atoms with Gasteiger partial charge in [0.05, 0.1) is 23.5 Å². The lowest BCUT2D eigenvalue weighted by atomic mass is 10.1. The van der Waals surface area contributed by atoms with Crippen LogP contribution in [0.1, 0.15) is 5.56 Å². The highest BCUT2D eigenvalue weighted by atomic mass is 35.5. The van der Waals surface area contributed by atoms with Gasteiger partial charge in [-0.05, 0) is 42.5 Å². The van der Waals surface area contributed by atoms with Gasteiger partial charge in [0.1, 0.15) is 11.5 Å². The molecule has 4 rings (SSSR count). The van der Waals surface area contributed by atoms with Crippen LogP contribution in [0.3, 0.4) is 0 Å². The Morgan fingerprint density at radius 3 is 2.61 bits per heavy atom. The second-order valence-corrected chi connectivity index (χ2v) is 8.00. The molecule has 1 N–H and O–H groups in total. The third kappa shape index (κ3) is 5.66. The Kier molecular flexibility index (Phi) is 7.17. The van der Waals surface area contributed by atoms with E-state index in [0.717, 1.165) is 28.3 Å². The van der Waals surface area contributed by atoms with Crippen molar-refractivity contribution in [3.05, 3.63) is 94.6 Å². The monoisotopic (exact) mass is 481 g/mol. The molecule has 0 saturated heterocycles. The van der Waals surface area contributed by atoms with E-state index >= 15 is 0 Å². The third-order valence-electron chi connectivity index (χ3n) is 4.88. The SMILES string of the molecule is COc1cccc(-c2nn(-c3ccccc3)cc2CNC(=O)COc2ccc(Cl)cc2Cl)c1. The predicted molar refractivity (Wildman–Crippen MR) is 129 cm³/mol. The minimum absolute atomic E-state index is 0.178. The molecule has 0 aliphatic rings. The Balaban J connectivity index is 1.51. The summed E-state index contributed by atoms with van der Waals surface area (Å²) < 4.78 is 12.7. The Morgan fingerprint density at radius 2 is 1.85 bits per heavy atom. The first-order chi connectivity index (χ1) is 16.0. The number of hydrogen-bond donors (Lipinski definition) is 1. The van der Waals surface area contributed by atoms with Crippen molar-refractivity contribution in [1.82, 2.24) is 15.1 Å².